The third kappa shape index (κ3) is 5.81. The highest BCUT2D eigenvalue weighted by Gasteiger charge is 2.32. The first-order chi connectivity index (χ1) is 19.4. The van der Waals surface area contributed by atoms with Gasteiger partial charge in [0.1, 0.15) is 23.7 Å². The lowest BCUT2D eigenvalue weighted by Crippen LogP contribution is -2.44. The summed E-state index contributed by atoms with van der Waals surface area (Å²) in [5.41, 5.74) is 2.49. The molecule has 1 unspecified atom stereocenters. The Morgan fingerprint density at radius 2 is 2.00 bits per heavy atom. The van der Waals surface area contributed by atoms with Crippen molar-refractivity contribution in [3.8, 4) is 5.75 Å². The van der Waals surface area contributed by atoms with Crippen molar-refractivity contribution >= 4 is 46.2 Å². The fraction of sp³-hybridized carbons (Fsp3) is 0.321. The maximum absolute atomic E-state index is 14.8. The Morgan fingerprint density at radius 3 is 2.75 bits per heavy atom. The van der Waals surface area contributed by atoms with Gasteiger partial charge in [0.15, 0.2) is 5.82 Å². The van der Waals surface area contributed by atoms with E-state index in [2.05, 4.69) is 44.0 Å². The summed E-state index contributed by atoms with van der Waals surface area (Å²) in [6.45, 7) is 7.40. The molecule has 2 fully saturated rings. The van der Waals surface area contributed by atoms with Gasteiger partial charge >= 0.3 is 0 Å². The first kappa shape index (κ1) is 27.6. The third-order valence-corrected chi connectivity index (χ3v) is 7.28. The number of halogens is 2. The van der Waals surface area contributed by atoms with Crippen LogP contribution in [0.25, 0.3) is 0 Å². The zero-order valence-corrected chi connectivity index (χ0v) is 23.1. The molecule has 40 heavy (non-hydrogen) atoms. The van der Waals surface area contributed by atoms with E-state index in [0.717, 1.165) is 31.9 Å². The van der Waals surface area contributed by atoms with Crippen molar-refractivity contribution in [1.29, 1.82) is 0 Å². The predicted molar refractivity (Wildman–Crippen MR) is 154 cm³/mol. The molecular formula is C28H31ClFN7O3. The van der Waals surface area contributed by atoms with E-state index in [1.54, 1.807) is 30.4 Å². The summed E-state index contributed by atoms with van der Waals surface area (Å²) in [7, 11) is 3.67. The van der Waals surface area contributed by atoms with Crippen LogP contribution in [-0.4, -0.2) is 67.7 Å². The molecule has 210 valence electrons. The van der Waals surface area contributed by atoms with Crippen LogP contribution in [-0.2, 0) is 9.63 Å². The minimum atomic E-state index is -0.476. The van der Waals surface area contributed by atoms with Crippen molar-refractivity contribution in [3.63, 3.8) is 0 Å². The number of nitrogens with zero attached hydrogens (tertiary/aromatic N) is 5. The van der Waals surface area contributed by atoms with E-state index in [1.807, 2.05) is 12.1 Å². The molecule has 2 aliphatic rings. The molecule has 12 heteroatoms. The number of benzene rings is 2. The van der Waals surface area contributed by atoms with Gasteiger partial charge in [0.2, 0.25) is 5.91 Å². The molecule has 1 amide bonds. The average Bonchev–Trinajstić information content (AvgIpc) is 3.45. The van der Waals surface area contributed by atoms with Crippen LogP contribution in [0.3, 0.4) is 0 Å². The number of anilines is 5. The molecule has 3 aromatic rings. The Balaban J connectivity index is 1.45. The molecule has 2 N–H and O–H groups in total. The van der Waals surface area contributed by atoms with Crippen molar-refractivity contribution in [2.45, 2.75) is 12.5 Å². The summed E-state index contributed by atoms with van der Waals surface area (Å²) in [6, 6.07) is 9.94. The SMILES string of the molecule is C=CC(=O)Nc1cc(Nc2cc(N3OCCC3c3cccc(Cl)c3F)ncn2)c(OC)cc1N1CCN(C)CC1. The summed E-state index contributed by atoms with van der Waals surface area (Å²) in [5.74, 6) is 0.685. The second kappa shape index (κ2) is 12.1. The van der Waals surface area contributed by atoms with Gasteiger partial charge in [-0.2, -0.15) is 0 Å². The van der Waals surface area contributed by atoms with Crippen LogP contribution in [0.5, 0.6) is 5.75 Å². The van der Waals surface area contributed by atoms with Crippen molar-refractivity contribution in [3.05, 3.63) is 71.8 Å². The number of hydrogen-bond acceptors (Lipinski definition) is 9. The molecule has 5 rings (SSSR count). The van der Waals surface area contributed by atoms with Gasteiger partial charge in [-0.05, 0) is 25.3 Å². The number of amides is 1. The van der Waals surface area contributed by atoms with E-state index in [0.29, 0.717) is 47.4 Å². The topological polar surface area (TPSA) is 95.1 Å². The normalized spacial score (nSPS) is 17.6. The Bertz CT molecular complexity index is 1400. The van der Waals surface area contributed by atoms with Gasteiger partial charge < -0.3 is 25.2 Å². The van der Waals surface area contributed by atoms with Gasteiger partial charge in [-0.15, -0.1) is 0 Å². The summed E-state index contributed by atoms with van der Waals surface area (Å²) < 4.78 is 20.5. The second-order valence-corrected chi connectivity index (χ2v) is 9.95. The number of hydrogen-bond donors (Lipinski definition) is 2. The van der Waals surface area contributed by atoms with E-state index in [4.69, 9.17) is 21.2 Å². The number of aromatic nitrogens is 2. The molecule has 3 heterocycles. The van der Waals surface area contributed by atoms with E-state index in [-0.39, 0.29) is 10.9 Å². The fourth-order valence-corrected chi connectivity index (χ4v) is 5.04. The molecule has 10 nitrogen and oxygen atoms in total. The van der Waals surface area contributed by atoms with Crippen molar-refractivity contribution < 1.29 is 18.8 Å². The van der Waals surface area contributed by atoms with Crippen LogP contribution < -0.4 is 25.3 Å². The van der Waals surface area contributed by atoms with Crippen LogP contribution in [0.15, 0.2) is 55.4 Å². The molecule has 1 atom stereocenters. The van der Waals surface area contributed by atoms with Crippen molar-refractivity contribution in [2.24, 2.45) is 0 Å². The number of nitrogens with one attached hydrogen (secondary N) is 2. The Morgan fingerprint density at radius 1 is 1.20 bits per heavy atom. The quantitative estimate of drug-likeness (QED) is 0.373. The van der Waals surface area contributed by atoms with E-state index in [1.165, 1.54) is 18.5 Å². The summed E-state index contributed by atoms with van der Waals surface area (Å²) in [6.07, 6.45) is 3.20. The number of carbonyl (C=O) groups is 1. The summed E-state index contributed by atoms with van der Waals surface area (Å²) >= 11 is 6.03. The van der Waals surface area contributed by atoms with Gasteiger partial charge in [-0.1, -0.05) is 30.3 Å². The lowest BCUT2D eigenvalue weighted by Gasteiger charge is -2.35. The Kier molecular flexibility index (Phi) is 8.34. The highest BCUT2D eigenvalue weighted by molar-refractivity contribution is 6.30. The standard InChI is InChI=1S/C28H31ClFN7O3/c1-4-27(38)34-20-14-21(24(39-3)15-23(20)36-11-9-35(2)10-12-36)33-25-16-26(32-17-31-25)37-22(8-13-40-37)18-6-5-7-19(29)28(18)30/h4-7,14-17,22H,1,8-13H2,2-3H3,(H,34,38)(H,31,32,33). The molecule has 0 radical (unpaired) electrons. The smallest absolute Gasteiger partial charge is 0.247 e. The minimum absolute atomic E-state index is 0.0564. The second-order valence-electron chi connectivity index (χ2n) is 9.55. The largest absolute Gasteiger partial charge is 0.494 e. The molecule has 2 aliphatic heterocycles. The van der Waals surface area contributed by atoms with Crippen molar-refractivity contribution in [2.75, 3.05) is 67.5 Å². The molecule has 0 saturated carbocycles. The van der Waals surface area contributed by atoms with E-state index in [9.17, 15) is 9.18 Å². The maximum Gasteiger partial charge on any atom is 0.247 e. The first-order valence-electron chi connectivity index (χ1n) is 12.9. The van der Waals surface area contributed by atoms with Gasteiger partial charge in [0, 0.05) is 50.3 Å². The number of ether oxygens (including phenoxy) is 1. The van der Waals surface area contributed by atoms with Gasteiger partial charge in [0.05, 0.1) is 41.8 Å². The molecule has 1 aromatic heterocycles. The van der Waals surface area contributed by atoms with Crippen LogP contribution in [0.4, 0.5) is 33.1 Å². The molecule has 0 bridgehead atoms. The summed E-state index contributed by atoms with van der Waals surface area (Å²) in [5, 5.41) is 7.83. The van der Waals surface area contributed by atoms with Crippen LogP contribution in [0.2, 0.25) is 5.02 Å². The molecule has 2 aromatic carbocycles. The zero-order valence-electron chi connectivity index (χ0n) is 22.4. The number of carbonyl (C=O) groups excluding carboxylic acids is 1. The number of piperazine rings is 1. The monoisotopic (exact) mass is 567 g/mol. The van der Waals surface area contributed by atoms with Gasteiger partial charge in [-0.3, -0.25) is 9.63 Å². The Hall–Kier alpha value is -3.93. The highest BCUT2D eigenvalue weighted by atomic mass is 35.5. The molecular weight excluding hydrogens is 537 g/mol. The zero-order chi connectivity index (χ0) is 28.2. The maximum atomic E-state index is 14.8. The van der Waals surface area contributed by atoms with Crippen molar-refractivity contribution in [1.82, 2.24) is 14.9 Å². The lowest BCUT2D eigenvalue weighted by atomic mass is 10.0. The number of rotatable bonds is 8. The Labute approximate surface area is 237 Å². The van der Waals surface area contributed by atoms with Gasteiger partial charge in [0.25, 0.3) is 0 Å². The molecule has 2 saturated heterocycles. The van der Waals surface area contributed by atoms with E-state index < -0.39 is 11.9 Å². The van der Waals surface area contributed by atoms with Crippen LogP contribution in [0.1, 0.15) is 18.0 Å². The van der Waals surface area contributed by atoms with Gasteiger partial charge in [-0.25, -0.2) is 19.4 Å². The average molecular weight is 568 g/mol. The van der Waals surface area contributed by atoms with Crippen LogP contribution in [0, 0.1) is 5.82 Å². The highest BCUT2D eigenvalue weighted by Crippen LogP contribution is 2.40. The van der Waals surface area contributed by atoms with E-state index >= 15 is 0 Å². The fourth-order valence-electron chi connectivity index (χ4n) is 4.86. The summed E-state index contributed by atoms with van der Waals surface area (Å²) in [4.78, 5) is 31.3. The lowest BCUT2D eigenvalue weighted by molar-refractivity contribution is -0.111. The number of methoxy groups -OCH3 is 1. The van der Waals surface area contributed by atoms with Crippen LogP contribution >= 0.6 is 11.6 Å². The minimum Gasteiger partial charge on any atom is -0.494 e. The third-order valence-electron chi connectivity index (χ3n) is 6.99. The first-order valence-corrected chi connectivity index (χ1v) is 13.3. The molecule has 0 spiro atoms. The number of hydroxylamine groups is 1. The molecule has 0 aliphatic carbocycles. The number of likely N-dealkylation sites (N-methyl/N-ethyl adjacent to an activating group) is 1. The predicted octanol–water partition coefficient (Wildman–Crippen LogP) is 4.78.